The third-order valence-electron chi connectivity index (χ3n) is 3.70. The molecule has 5 nitrogen and oxygen atoms in total. The van der Waals surface area contributed by atoms with E-state index >= 15 is 0 Å². The number of nitrogens with one attached hydrogen (secondary N) is 1. The predicted octanol–water partition coefficient (Wildman–Crippen LogP) is 2.66. The molecule has 116 valence electrons. The number of carbonyl (C=O) groups excluding carboxylic acids is 1. The van der Waals surface area contributed by atoms with Gasteiger partial charge >= 0.3 is 0 Å². The lowest BCUT2D eigenvalue weighted by molar-refractivity contribution is -0.254. The first-order valence-electron chi connectivity index (χ1n) is 7.11. The molecule has 0 saturated carbocycles. The molecule has 0 fully saturated rings. The Morgan fingerprint density at radius 1 is 1.22 bits per heavy atom. The Labute approximate surface area is 133 Å². The molecule has 0 bridgehead atoms. The first-order valence-corrected chi connectivity index (χ1v) is 7.11. The second-order valence-corrected chi connectivity index (χ2v) is 5.16. The molecule has 0 radical (unpaired) electrons. The molecule has 23 heavy (non-hydrogen) atoms. The number of aromatic carboxylic acids is 1. The number of para-hydroxylation sites is 1. The van der Waals surface area contributed by atoms with Crippen LogP contribution in [-0.4, -0.2) is 18.1 Å². The maximum Gasteiger partial charge on any atom is 0.119 e. The third-order valence-corrected chi connectivity index (χ3v) is 3.70. The molecule has 0 saturated heterocycles. The number of nitrogens with zero attached hydrogens (tertiary/aromatic N) is 1. The largest absolute Gasteiger partial charge is 0.545 e. The summed E-state index contributed by atoms with van der Waals surface area (Å²) in [6, 6.07) is 13.0. The van der Waals surface area contributed by atoms with Crippen molar-refractivity contribution in [2.24, 2.45) is 0 Å². The van der Waals surface area contributed by atoms with Crippen molar-refractivity contribution in [1.29, 1.82) is 0 Å². The molecule has 1 heterocycles. The highest BCUT2D eigenvalue weighted by Crippen LogP contribution is 2.32. The summed E-state index contributed by atoms with van der Waals surface area (Å²) in [7, 11) is 1.56. The van der Waals surface area contributed by atoms with Crippen LogP contribution in [0.25, 0.3) is 10.9 Å². The van der Waals surface area contributed by atoms with Gasteiger partial charge in [-0.05, 0) is 36.8 Å². The number of pyridine rings is 1. The smallest absolute Gasteiger partial charge is 0.119 e. The van der Waals surface area contributed by atoms with E-state index in [1.165, 1.54) is 6.20 Å². The summed E-state index contributed by atoms with van der Waals surface area (Å²) < 4.78 is 5.23. The summed E-state index contributed by atoms with van der Waals surface area (Å²) in [6.45, 7) is 1.95. The first kappa shape index (κ1) is 14.8. The first-order chi connectivity index (χ1) is 11.1. The fourth-order valence-electron chi connectivity index (χ4n) is 2.44. The van der Waals surface area contributed by atoms with Crippen LogP contribution in [0, 0.1) is 6.92 Å². The summed E-state index contributed by atoms with van der Waals surface area (Å²) in [5, 5.41) is 15.3. The van der Waals surface area contributed by atoms with Crippen molar-refractivity contribution in [2.75, 3.05) is 12.4 Å². The number of carbonyl (C=O) groups is 1. The molecule has 0 aliphatic rings. The number of fused-ring (bicyclic) bond motifs is 1. The number of ether oxygens (including phenoxy) is 1. The molecule has 3 aromatic rings. The number of aryl methyl sites for hydroxylation is 1. The molecule has 0 atom stereocenters. The van der Waals surface area contributed by atoms with Crippen LogP contribution in [0.3, 0.4) is 0 Å². The van der Waals surface area contributed by atoms with Gasteiger partial charge in [0.25, 0.3) is 0 Å². The molecule has 5 heteroatoms. The molecular weight excluding hydrogens is 292 g/mol. The van der Waals surface area contributed by atoms with E-state index in [9.17, 15) is 9.90 Å². The van der Waals surface area contributed by atoms with E-state index in [0.717, 1.165) is 11.3 Å². The summed E-state index contributed by atoms with van der Waals surface area (Å²) in [6.07, 6.45) is 1.31. The van der Waals surface area contributed by atoms with Crippen molar-refractivity contribution < 1.29 is 14.6 Å². The highest BCUT2D eigenvalue weighted by atomic mass is 16.5. The molecule has 0 unspecified atom stereocenters. The summed E-state index contributed by atoms with van der Waals surface area (Å²) >= 11 is 0. The quantitative estimate of drug-likeness (QED) is 0.802. The van der Waals surface area contributed by atoms with Crippen LogP contribution < -0.4 is 15.2 Å². The number of methoxy groups -OCH3 is 1. The van der Waals surface area contributed by atoms with Crippen molar-refractivity contribution in [3.05, 3.63) is 59.8 Å². The van der Waals surface area contributed by atoms with Crippen LogP contribution in [0.4, 0.5) is 11.4 Å². The molecule has 0 spiro atoms. The number of hydrogen-bond acceptors (Lipinski definition) is 5. The Hall–Kier alpha value is -3.08. The molecule has 0 aliphatic heterocycles. The number of carboxylic acid groups (broad SMARTS) is 1. The lowest BCUT2D eigenvalue weighted by atomic mass is 10.1. The minimum Gasteiger partial charge on any atom is -0.545 e. The van der Waals surface area contributed by atoms with Gasteiger partial charge in [0, 0.05) is 22.8 Å². The molecule has 2 aromatic carbocycles. The Bertz CT molecular complexity index is 891. The van der Waals surface area contributed by atoms with Gasteiger partial charge in [-0.3, -0.25) is 4.98 Å². The van der Waals surface area contributed by atoms with E-state index in [2.05, 4.69) is 10.3 Å². The zero-order valence-corrected chi connectivity index (χ0v) is 12.8. The number of benzene rings is 2. The number of rotatable bonds is 4. The van der Waals surface area contributed by atoms with Gasteiger partial charge in [0.05, 0.1) is 24.3 Å². The topological polar surface area (TPSA) is 74.3 Å². The lowest BCUT2D eigenvalue weighted by Gasteiger charge is -2.17. The highest BCUT2D eigenvalue weighted by molar-refractivity contribution is 6.05. The number of anilines is 2. The fourth-order valence-corrected chi connectivity index (χ4v) is 2.44. The number of hydrogen-bond donors (Lipinski definition) is 1. The minimum atomic E-state index is -1.28. The van der Waals surface area contributed by atoms with Crippen molar-refractivity contribution in [1.82, 2.24) is 4.98 Å². The molecule has 1 N–H and O–H groups in total. The van der Waals surface area contributed by atoms with E-state index in [4.69, 9.17) is 4.74 Å². The summed E-state index contributed by atoms with van der Waals surface area (Å²) in [5.74, 6) is -0.652. The molecule has 0 aliphatic carbocycles. The SMILES string of the molecule is COc1ccc2ncc(C(=O)[O-])c(Nc3ccccc3C)c2c1. The van der Waals surface area contributed by atoms with Crippen LogP contribution >= 0.6 is 0 Å². The highest BCUT2D eigenvalue weighted by Gasteiger charge is 2.12. The average Bonchev–Trinajstić information content (AvgIpc) is 2.56. The van der Waals surface area contributed by atoms with Crippen molar-refractivity contribution in [2.45, 2.75) is 6.92 Å². The Balaban J connectivity index is 2.24. The van der Waals surface area contributed by atoms with E-state index < -0.39 is 5.97 Å². The fraction of sp³-hybridized carbons (Fsp3) is 0.111. The molecular formula is C18H15N2O3-. The van der Waals surface area contributed by atoms with Crippen LogP contribution in [0.2, 0.25) is 0 Å². The van der Waals surface area contributed by atoms with E-state index in [1.54, 1.807) is 25.3 Å². The lowest BCUT2D eigenvalue weighted by Crippen LogP contribution is -2.23. The summed E-state index contributed by atoms with van der Waals surface area (Å²) in [4.78, 5) is 15.7. The standard InChI is InChI=1S/C18H16N2O3/c1-11-5-3-4-6-15(11)20-17-13-9-12(23-2)7-8-16(13)19-10-14(17)18(21)22/h3-10H,1-2H3,(H,19,20)(H,21,22)/p-1. The van der Waals surface area contributed by atoms with Crippen molar-refractivity contribution in [3.8, 4) is 5.75 Å². The van der Waals surface area contributed by atoms with Crippen LogP contribution in [-0.2, 0) is 0 Å². The van der Waals surface area contributed by atoms with Crippen molar-refractivity contribution >= 4 is 28.2 Å². The maximum atomic E-state index is 11.5. The maximum absolute atomic E-state index is 11.5. The van der Waals surface area contributed by atoms with E-state index in [-0.39, 0.29) is 5.56 Å². The molecule has 1 aromatic heterocycles. The van der Waals surface area contributed by atoms with Gasteiger partial charge < -0.3 is 20.0 Å². The van der Waals surface area contributed by atoms with E-state index in [0.29, 0.717) is 22.3 Å². The minimum absolute atomic E-state index is 0.00834. The van der Waals surface area contributed by atoms with Gasteiger partial charge in [-0.15, -0.1) is 0 Å². The van der Waals surface area contributed by atoms with Gasteiger partial charge in [0.1, 0.15) is 5.75 Å². The second-order valence-electron chi connectivity index (χ2n) is 5.16. The molecule has 0 amide bonds. The molecule has 3 rings (SSSR count). The Kier molecular flexibility index (Phi) is 3.85. The van der Waals surface area contributed by atoms with Crippen LogP contribution in [0.1, 0.15) is 15.9 Å². The second kappa shape index (κ2) is 5.96. The monoisotopic (exact) mass is 307 g/mol. The number of carboxylic acids is 1. The normalized spacial score (nSPS) is 10.5. The number of aromatic nitrogens is 1. The van der Waals surface area contributed by atoms with Gasteiger partial charge in [0.15, 0.2) is 0 Å². The third kappa shape index (κ3) is 2.81. The Morgan fingerprint density at radius 2 is 2.00 bits per heavy atom. The van der Waals surface area contributed by atoms with E-state index in [1.807, 2.05) is 31.2 Å². The zero-order chi connectivity index (χ0) is 16.4. The predicted molar refractivity (Wildman–Crippen MR) is 87.1 cm³/mol. The van der Waals surface area contributed by atoms with Gasteiger partial charge in [0.2, 0.25) is 0 Å². The zero-order valence-electron chi connectivity index (χ0n) is 12.8. The van der Waals surface area contributed by atoms with Crippen LogP contribution in [0.15, 0.2) is 48.7 Å². The van der Waals surface area contributed by atoms with Gasteiger partial charge in [-0.2, -0.15) is 0 Å². The summed E-state index contributed by atoms with van der Waals surface area (Å²) in [5.41, 5.74) is 2.96. The average molecular weight is 307 g/mol. The van der Waals surface area contributed by atoms with Gasteiger partial charge in [-0.25, -0.2) is 0 Å². The van der Waals surface area contributed by atoms with Crippen LogP contribution in [0.5, 0.6) is 5.75 Å². The Morgan fingerprint density at radius 3 is 2.70 bits per heavy atom. The van der Waals surface area contributed by atoms with Gasteiger partial charge in [-0.1, -0.05) is 18.2 Å². The van der Waals surface area contributed by atoms with Crippen molar-refractivity contribution in [3.63, 3.8) is 0 Å².